The van der Waals surface area contributed by atoms with Gasteiger partial charge in [-0.25, -0.2) is 13.8 Å². The van der Waals surface area contributed by atoms with Crippen molar-refractivity contribution in [2.45, 2.75) is 32.4 Å². The van der Waals surface area contributed by atoms with Crippen molar-refractivity contribution in [3.05, 3.63) is 33.8 Å². The first-order valence-corrected chi connectivity index (χ1v) is 8.21. The third-order valence-electron chi connectivity index (χ3n) is 3.93. The molecule has 4 nitrogen and oxygen atoms in total. The second kappa shape index (κ2) is 7.87. The zero-order valence-corrected chi connectivity index (χ0v) is 14.2. The minimum atomic E-state index is -0.885. The van der Waals surface area contributed by atoms with Gasteiger partial charge in [-0.3, -0.25) is 4.90 Å². The van der Waals surface area contributed by atoms with Crippen LogP contribution in [-0.2, 0) is 6.54 Å². The van der Waals surface area contributed by atoms with E-state index in [4.69, 9.17) is 5.73 Å². The maximum absolute atomic E-state index is 13.2. The zero-order chi connectivity index (χ0) is 16.1. The van der Waals surface area contributed by atoms with Gasteiger partial charge in [-0.05, 0) is 43.6 Å². The number of nitrogens with one attached hydrogen (secondary N) is 1. The minimum absolute atomic E-state index is 0.193. The Kier molecular flexibility index (Phi) is 6.14. The number of hydrogen-bond acceptors (Lipinski definition) is 2. The molecule has 1 aliphatic heterocycles. The van der Waals surface area contributed by atoms with Crippen molar-refractivity contribution in [3.8, 4) is 0 Å². The minimum Gasteiger partial charge on any atom is -0.370 e. The molecule has 1 heterocycles. The van der Waals surface area contributed by atoms with Crippen LogP contribution in [0.25, 0.3) is 0 Å². The number of likely N-dealkylation sites (tertiary alicyclic amines) is 1. The molecule has 22 heavy (non-hydrogen) atoms. The molecule has 0 aliphatic carbocycles. The fourth-order valence-electron chi connectivity index (χ4n) is 2.68. The number of aliphatic imine (C=N–C) groups is 1. The lowest BCUT2D eigenvalue weighted by molar-refractivity contribution is 0.267. The molecule has 0 saturated carbocycles. The molecule has 1 atom stereocenters. The first-order valence-electron chi connectivity index (χ1n) is 7.42. The highest BCUT2D eigenvalue weighted by molar-refractivity contribution is 9.10. The number of halogens is 3. The molecule has 7 heteroatoms. The van der Waals surface area contributed by atoms with Crippen LogP contribution in [-0.4, -0.2) is 36.5 Å². The van der Waals surface area contributed by atoms with Crippen LogP contribution in [0.2, 0.25) is 0 Å². The summed E-state index contributed by atoms with van der Waals surface area (Å²) in [4.78, 5) is 6.59. The molecule has 1 saturated heterocycles. The van der Waals surface area contributed by atoms with E-state index >= 15 is 0 Å². The molecule has 0 bridgehead atoms. The molecule has 2 rings (SSSR count). The highest BCUT2D eigenvalue weighted by Crippen LogP contribution is 2.21. The Bertz CT molecular complexity index is 551. The molecule has 122 valence electrons. The number of hydrogen-bond donors (Lipinski definition) is 2. The average Bonchev–Trinajstić information content (AvgIpc) is 2.95. The van der Waals surface area contributed by atoms with Crippen LogP contribution in [0.4, 0.5) is 8.78 Å². The summed E-state index contributed by atoms with van der Waals surface area (Å²) in [6, 6.07) is 2.71. The number of guanidine groups is 1. The summed E-state index contributed by atoms with van der Waals surface area (Å²) in [5.41, 5.74) is 6.40. The molecule has 1 aliphatic rings. The van der Waals surface area contributed by atoms with E-state index in [-0.39, 0.29) is 6.54 Å². The maximum atomic E-state index is 13.2. The summed E-state index contributed by atoms with van der Waals surface area (Å²) in [6.45, 7) is 5.25. The Morgan fingerprint density at radius 1 is 1.45 bits per heavy atom. The van der Waals surface area contributed by atoms with Gasteiger partial charge < -0.3 is 11.1 Å². The van der Waals surface area contributed by atoms with Gasteiger partial charge in [0.05, 0.1) is 6.54 Å². The van der Waals surface area contributed by atoms with Gasteiger partial charge >= 0.3 is 0 Å². The fraction of sp³-hybridized carbons (Fsp3) is 0.533. The third kappa shape index (κ3) is 4.39. The van der Waals surface area contributed by atoms with Crippen molar-refractivity contribution < 1.29 is 8.78 Å². The van der Waals surface area contributed by atoms with Gasteiger partial charge in [-0.15, -0.1) is 0 Å². The molecule has 0 aromatic heterocycles. The summed E-state index contributed by atoms with van der Waals surface area (Å²) < 4.78 is 26.7. The molecule has 1 aromatic carbocycles. The van der Waals surface area contributed by atoms with Crippen molar-refractivity contribution in [3.63, 3.8) is 0 Å². The molecule has 1 unspecified atom stereocenters. The lowest BCUT2D eigenvalue weighted by Crippen LogP contribution is -2.42. The Hall–Kier alpha value is -1.21. The van der Waals surface area contributed by atoms with Crippen molar-refractivity contribution >= 4 is 21.9 Å². The number of nitrogens with two attached hydrogens (primary N) is 1. The SMILES string of the molecule is CCN1CCCC1CNC(N)=NCc1cc(F)c(F)cc1Br. The van der Waals surface area contributed by atoms with Crippen LogP contribution in [0.15, 0.2) is 21.6 Å². The first-order chi connectivity index (χ1) is 10.5. The molecular formula is C15H21BrF2N4. The van der Waals surface area contributed by atoms with Crippen LogP contribution in [0.1, 0.15) is 25.3 Å². The average molecular weight is 375 g/mol. The summed E-state index contributed by atoms with van der Waals surface area (Å²) in [7, 11) is 0. The van der Waals surface area contributed by atoms with Crippen LogP contribution in [0.3, 0.4) is 0 Å². The van der Waals surface area contributed by atoms with Crippen LogP contribution in [0, 0.1) is 11.6 Å². The monoisotopic (exact) mass is 374 g/mol. The van der Waals surface area contributed by atoms with Gasteiger partial charge in [-0.2, -0.15) is 0 Å². The number of likely N-dealkylation sites (N-methyl/N-ethyl adjacent to an activating group) is 1. The normalized spacial score (nSPS) is 19.6. The van der Waals surface area contributed by atoms with E-state index in [2.05, 4.69) is 38.1 Å². The molecular weight excluding hydrogens is 354 g/mol. The molecule has 1 aromatic rings. The van der Waals surface area contributed by atoms with Crippen molar-refractivity contribution in [2.75, 3.05) is 19.6 Å². The van der Waals surface area contributed by atoms with Crippen molar-refractivity contribution in [1.82, 2.24) is 10.2 Å². The van der Waals surface area contributed by atoms with E-state index in [0.29, 0.717) is 22.0 Å². The van der Waals surface area contributed by atoms with E-state index < -0.39 is 11.6 Å². The fourth-order valence-corrected chi connectivity index (χ4v) is 3.12. The lowest BCUT2D eigenvalue weighted by atomic mass is 10.2. The largest absolute Gasteiger partial charge is 0.370 e. The highest BCUT2D eigenvalue weighted by Gasteiger charge is 2.22. The predicted molar refractivity (Wildman–Crippen MR) is 87.7 cm³/mol. The highest BCUT2D eigenvalue weighted by atomic mass is 79.9. The molecule has 1 fully saturated rings. The summed E-state index contributed by atoms with van der Waals surface area (Å²) in [6.07, 6.45) is 2.36. The van der Waals surface area contributed by atoms with Gasteiger partial charge in [0.2, 0.25) is 0 Å². The second-order valence-corrected chi connectivity index (χ2v) is 6.22. The topological polar surface area (TPSA) is 53.6 Å². The Morgan fingerprint density at radius 2 is 2.18 bits per heavy atom. The van der Waals surface area contributed by atoms with Crippen molar-refractivity contribution in [2.24, 2.45) is 10.7 Å². The van der Waals surface area contributed by atoms with Crippen LogP contribution in [0.5, 0.6) is 0 Å². The molecule has 3 N–H and O–H groups in total. The molecule has 0 radical (unpaired) electrons. The molecule has 0 amide bonds. The Balaban J connectivity index is 1.89. The van der Waals surface area contributed by atoms with Crippen molar-refractivity contribution in [1.29, 1.82) is 0 Å². The zero-order valence-electron chi connectivity index (χ0n) is 12.6. The predicted octanol–water partition coefficient (Wildman–Crippen LogP) is 2.62. The van der Waals surface area contributed by atoms with E-state index in [1.165, 1.54) is 6.42 Å². The standard InChI is InChI=1S/C15H21BrF2N4/c1-2-22-5-3-4-11(22)9-21-15(19)20-8-10-6-13(17)14(18)7-12(10)16/h6-7,11H,2-5,8-9H2,1H3,(H3,19,20,21). The van der Waals surface area contributed by atoms with Gasteiger partial charge in [-0.1, -0.05) is 22.9 Å². The van der Waals surface area contributed by atoms with Gasteiger partial charge in [0.15, 0.2) is 17.6 Å². The maximum Gasteiger partial charge on any atom is 0.188 e. The summed E-state index contributed by atoms with van der Waals surface area (Å²) in [5, 5.41) is 3.11. The van der Waals surface area contributed by atoms with E-state index in [0.717, 1.165) is 38.2 Å². The quantitative estimate of drug-likeness (QED) is 0.473. The first kappa shape index (κ1) is 17.1. The third-order valence-corrected chi connectivity index (χ3v) is 4.67. The summed E-state index contributed by atoms with van der Waals surface area (Å²) >= 11 is 3.20. The lowest BCUT2D eigenvalue weighted by Gasteiger charge is -2.23. The Morgan fingerprint density at radius 3 is 2.91 bits per heavy atom. The van der Waals surface area contributed by atoms with E-state index in [9.17, 15) is 8.78 Å². The van der Waals surface area contributed by atoms with E-state index in [1.54, 1.807) is 0 Å². The van der Waals surface area contributed by atoms with Gasteiger partial charge in [0.25, 0.3) is 0 Å². The van der Waals surface area contributed by atoms with Crippen LogP contribution >= 0.6 is 15.9 Å². The number of benzene rings is 1. The Labute approximate surface area is 137 Å². The second-order valence-electron chi connectivity index (χ2n) is 5.36. The number of rotatable bonds is 5. The number of nitrogens with zero attached hydrogens (tertiary/aromatic N) is 2. The van der Waals surface area contributed by atoms with Gasteiger partial charge in [0.1, 0.15) is 0 Å². The molecule has 0 spiro atoms. The van der Waals surface area contributed by atoms with E-state index in [1.807, 2.05) is 0 Å². The van der Waals surface area contributed by atoms with Crippen LogP contribution < -0.4 is 11.1 Å². The van der Waals surface area contributed by atoms with Gasteiger partial charge in [0, 0.05) is 17.1 Å². The summed E-state index contributed by atoms with van der Waals surface area (Å²) in [5.74, 6) is -1.45. The smallest absolute Gasteiger partial charge is 0.188 e.